The molecule has 0 fully saturated rings. The maximum absolute atomic E-state index is 11.1. The highest BCUT2D eigenvalue weighted by Crippen LogP contribution is 2.30. The van der Waals surface area contributed by atoms with Gasteiger partial charge in [0.2, 0.25) is 0 Å². The maximum Gasteiger partial charge on any atom is 0.339 e. The Kier molecular flexibility index (Phi) is 4.20. The van der Waals surface area contributed by atoms with Crippen molar-refractivity contribution in [3.8, 4) is 17.1 Å². The Morgan fingerprint density at radius 1 is 1.45 bits per heavy atom. The number of halogens is 1. The number of aromatic carboxylic acids is 1. The van der Waals surface area contributed by atoms with Gasteiger partial charge in [-0.25, -0.2) is 14.8 Å². The van der Waals surface area contributed by atoms with Crippen LogP contribution in [0.5, 0.6) is 5.75 Å². The normalized spacial score (nSPS) is 10.3. The molecule has 2 aromatic rings. The molecule has 1 aromatic carbocycles. The van der Waals surface area contributed by atoms with E-state index in [0.29, 0.717) is 34.3 Å². The number of aryl methyl sites for hydroxylation is 1. The smallest absolute Gasteiger partial charge is 0.339 e. The van der Waals surface area contributed by atoms with E-state index in [-0.39, 0.29) is 5.56 Å². The lowest BCUT2D eigenvalue weighted by atomic mass is 10.1. The van der Waals surface area contributed by atoms with Gasteiger partial charge in [-0.2, -0.15) is 0 Å². The van der Waals surface area contributed by atoms with Crippen molar-refractivity contribution in [2.75, 3.05) is 7.11 Å². The van der Waals surface area contributed by atoms with Gasteiger partial charge in [0.25, 0.3) is 0 Å². The number of ether oxygens (including phenoxy) is 1. The second-order valence-electron chi connectivity index (χ2n) is 4.06. The molecule has 104 valence electrons. The van der Waals surface area contributed by atoms with Crippen molar-refractivity contribution in [1.29, 1.82) is 0 Å². The molecule has 0 aliphatic heterocycles. The number of carboxylic acid groups (broad SMARTS) is 1. The van der Waals surface area contributed by atoms with Crippen molar-refractivity contribution >= 4 is 17.6 Å². The lowest BCUT2D eigenvalue weighted by Crippen LogP contribution is -2.07. The van der Waals surface area contributed by atoms with Crippen LogP contribution >= 0.6 is 11.6 Å². The predicted molar refractivity (Wildman–Crippen MR) is 75.4 cm³/mol. The molecular weight excluding hydrogens is 280 g/mol. The third kappa shape index (κ3) is 2.72. The van der Waals surface area contributed by atoms with Gasteiger partial charge in [0, 0.05) is 11.2 Å². The number of carboxylic acids is 1. The van der Waals surface area contributed by atoms with Gasteiger partial charge < -0.3 is 9.84 Å². The molecule has 2 rings (SSSR count). The van der Waals surface area contributed by atoms with Gasteiger partial charge in [0.05, 0.1) is 23.9 Å². The number of nitrogens with zero attached hydrogens (tertiary/aromatic N) is 2. The summed E-state index contributed by atoms with van der Waals surface area (Å²) in [7, 11) is 1.53. The standard InChI is InChI=1S/C14H13ClN2O3/c1-3-11-10(14(18)19)7-16-13(17-11)9-5-4-8(15)6-12(9)20-2/h4-7H,3H2,1-2H3,(H,18,19). The van der Waals surface area contributed by atoms with Crippen LogP contribution < -0.4 is 4.74 Å². The molecule has 5 nitrogen and oxygen atoms in total. The zero-order chi connectivity index (χ0) is 14.7. The summed E-state index contributed by atoms with van der Waals surface area (Å²) in [5, 5.41) is 9.62. The van der Waals surface area contributed by atoms with Crippen LogP contribution in [0.25, 0.3) is 11.4 Å². The molecule has 0 radical (unpaired) electrons. The summed E-state index contributed by atoms with van der Waals surface area (Å²) in [6, 6.07) is 5.12. The molecular formula is C14H13ClN2O3. The second kappa shape index (κ2) is 5.88. The Morgan fingerprint density at radius 2 is 2.20 bits per heavy atom. The van der Waals surface area contributed by atoms with Crippen LogP contribution in [-0.4, -0.2) is 28.2 Å². The number of aromatic nitrogens is 2. The van der Waals surface area contributed by atoms with Crippen LogP contribution in [0.3, 0.4) is 0 Å². The molecule has 0 unspecified atom stereocenters. The Balaban J connectivity index is 2.56. The van der Waals surface area contributed by atoms with Crippen molar-refractivity contribution in [3.63, 3.8) is 0 Å². The SMILES string of the molecule is CCc1nc(-c2ccc(Cl)cc2OC)ncc1C(=O)O. The van der Waals surface area contributed by atoms with E-state index in [1.807, 2.05) is 6.92 Å². The summed E-state index contributed by atoms with van der Waals surface area (Å²) in [6.07, 6.45) is 1.82. The van der Waals surface area contributed by atoms with Crippen molar-refractivity contribution in [3.05, 3.63) is 40.7 Å². The average molecular weight is 293 g/mol. The van der Waals surface area contributed by atoms with Crippen molar-refractivity contribution < 1.29 is 14.6 Å². The molecule has 20 heavy (non-hydrogen) atoms. The van der Waals surface area contributed by atoms with E-state index < -0.39 is 5.97 Å². The first-order valence-electron chi connectivity index (χ1n) is 6.00. The molecule has 1 heterocycles. The summed E-state index contributed by atoms with van der Waals surface area (Å²) >= 11 is 5.91. The molecule has 0 saturated heterocycles. The lowest BCUT2D eigenvalue weighted by Gasteiger charge is -2.09. The number of rotatable bonds is 4. The second-order valence-corrected chi connectivity index (χ2v) is 4.49. The quantitative estimate of drug-likeness (QED) is 0.937. The van der Waals surface area contributed by atoms with E-state index in [1.165, 1.54) is 13.3 Å². The van der Waals surface area contributed by atoms with E-state index in [2.05, 4.69) is 9.97 Å². The van der Waals surface area contributed by atoms with E-state index in [4.69, 9.17) is 21.4 Å². The minimum atomic E-state index is -1.03. The highest BCUT2D eigenvalue weighted by atomic mass is 35.5. The van der Waals surface area contributed by atoms with Gasteiger partial charge in [0.1, 0.15) is 5.75 Å². The predicted octanol–water partition coefficient (Wildman–Crippen LogP) is 3.07. The molecule has 0 saturated carbocycles. The topological polar surface area (TPSA) is 72.3 Å². The number of carbonyl (C=O) groups is 1. The van der Waals surface area contributed by atoms with Crippen LogP contribution in [0.2, 0.25) is 5.02 Å². The van der Waals surface area contributed by atoms with Gasteiger partial charge in [-0.05, 0) is 24.6 Å². The number of methoxy groups -OCH3 is 1. The monoisotopic (exact) mass is 292 g/mol. The first kappa shape index (κ1) is 14.3. The fourth-order valence-corrected chi connectivity index (χ4v) is 2.01. The van der Waals surface area contributed by atoms with Crippen LogP contribution in [0.15, 0.2) is 24.4 Å². The van der Waals surface area contributed by atoms with Crippen LogP contribution in [0.1, 0.15) is 23.0 Å². The largest absolute Gasteiger partial charge is 0.496 e. The van der Waals surface area contributed by atoms with Crippen LogP contribution in [0, 0.1) is 0 Å². The van der Waals surface area contributed by atoms with E-state index in [9.17, 15) is 4.79 Å². The van der Waals surface area contributed by atoms with Crippen molar-refractivity contribution in [2.45, 2.75) is 13.3 Å². The molecule has 0 atom stereocenters. The third-order valence-electron chi connectivity index (χ3n) is 2.84. The first-order chi connectivity index (χ1) is 9.56. The Labute approximate surface area is 121 Å². The zero-order valence-corrected chi connectivity index (χ0v) is 11.8. The fraction of sp³-hybridized carbons (Fsp3) is 0.214. The lowest BCUT2D eigenvalue weighted by molar-refractivity contribution is 0.0694. The number of benzene rings is 1. The molecule has 1 aromatic heterocycles. The summed E-state index contributed by atoms with van der Waals surface area (Å²) in [4.78, 5) is 19.5. The van der Waals surface area contributed by atoms with Gasteiger partial charge in [-0.3, -0.25) is 0 Å². The van der Waals surface area contributed by atoms with Crippen molar-refractivity contribution in [2.24, 2.45) is 0 Å². The van der Waals surface area contributed by atoms with Crippen LogP contribution in [-0.2, 0) is 6.42 Å². The summed E-state index contributed by atoms with van der Waals surface area (Å²) in [5.74, 6) is -0.0699. The molecule has 0 spiro atoms. The van der Waals surface area contributed by atoms with Gasteiger partial charge in [-0.15, -0.1) is 0 Å². The number of hydrogen-bond donors (Lipinski definition) is 1. The Morgan fingerprint density at radius 3 is 2.80 bits per heavy atom. The van der Waals surface area contributed by atoms with Gasteiger partial charge in [-0.1, -0.05) is 18.5 Å². The molecule has 0 aliphatic carbocycles. The Hall–Kier alpha value is -2.14. The van der Waals surface area contributed by atoms with Crippen LogP contribution in [0.4, 0.5) is 0 Å². The van der Waals surface area contributed by atoms with Crippen molar-refractivity contribution in [1.82, 2.24) is 9.97 Å². The Bertz CT molecular complexity index is 659. The summed E-state index contributed by atoms with van der Waals surface area (Å²) in [6.45, 7) is 1.84. The average Bonchev–Trinajstić information content (AvgIpc) is 2.46. The minimum absolute atomic E-state index is 0.115. The third-order valence-corrected chi connectivity index (χ3v) is 3.07. The molecule has 6 heteroatoms. The van der Waals surface area contributed by atoms with Gasteiger partial charge in [0.15, 0.2) is 5.82 Å². The van der Waals surface area contributed by atoms with Gasteiger partial charge >= 0.3 is 5.97 Å². The maximum atomic E-state index is 11.1. The molecule has 0 aliphatic rings. The fourth-order valence-electron chi connectivity index (χ4n) is 1.84. The molecule has 0 bridgehead atoms. The number of hydrogen-bond acceptors (Lipinski definition) is 4. The summed E-state index contributed by atoms with van der Waals surface area (Å²) in [5.41, 5.74) is 1.27. The first-order valence-corrected chi connectivity index (χ1v) is 6.37. The van der Waals surface area contributed by atoms with E-state index in [1.54, 1.807) is 18.2 Å². The van der Waals surface area contributed by atoms with E-state index >= 15 is 0 Å². The summed E-state index contributed by atoms with van der Waals surface area (Å²) < 4.78 is 5.25. The molecule has 1 N–H and O–H groups in total. The zero-order valence-electron chi connectivity index (χ0n) is 11.1. The molecule has 0 amide bonds. The highest BCUT2D eigenvalue weighted by Gasteiger charge is 2.15. The van der Waals surface area contributed by atoms with E-state index in [0.717, 1.165) is 0 Å². The minimum Gasteiger partial charge on any atom is -0.496 e. The highest BCUT2D eigenvalue weighted by molar-refractivity contribution is 6.30.